The zero-order valence-electron chi connectivity index (χ0n) is 12.4. The summed E-state index contributed by atoms with van der Waals surface area (Å²) in [4.78, 5) is 2.54. The van der Waals surface area contributed by atoms with E-state index in [1.807, 2.05) is 11.6 Å². The molecule has 0 saturated carbocycles. The molecule has 0 bridgehead atoms. The second kappa shape index (κ2) is 6.28. The molecule has 2 heterocycles. The van der Waals surface area contributed by atoms with Crippen molar-refractivity contribution in [2.75, 3.05) is 30.7 Å². The molecular formula is C14H27N5. The Morgan fingerprint density at radius 1 is 1.37 bits per heavy atom. The SMILES string of the molecule is CCCn1nc(C)c(N)c1NCC(C)N1CCCC1. The Hall–Kier alpha value is -1.23. The van der Waals surface area contributed by atoms with Gasteiger partial charge in [0.25, 0.3) is 0 Å². The Bertz CT molecular complexity index is 406. The van der Waals surface area contributed by atoms with Crippen LogP contribution < -0.4 is 11.1 Å². The fraction of sp³-hybridized carbons (Fsp3) is 0.786. The molecule has 3 N–H and O–H groups in total. The minimum absolute atomic E-state index is 0.548. The highest BCUT2D eigenvalue weighted by molar-refractivity contribution is 5.64. The van der Waals surface area contributed by atoms with Crippen molar-refractivity contribution < 1.29 is 0 Å². The topological polar surface area (TPSA) is 59.1 Å². The van der Waals surface area contributed by atoms with Crippen LogP contribution in [0.4, 0.5) is 11.5 Å². The summed E-state index contributed by atoms with van der Waals surface area (Å²) >= 11 is 0. The summed E-state index contributed by atoms with van der Waals surface area (Å²) in [5.41, 5.74) is 7.83. The van der Waals surface area contributed by atoms with Crippen molar-refractivity contribution in [2.24, 2.45) is 0 Å². The summed E-state index contributed by atoms with van der Waals surface area (Å²) in [5, 5.41) is 7.99. The number of likely N-dealkylation sites (tertiary alicyclic amines) is 1. The molecule has 1 aliphatic heterocycles. The van der Waals surface area contributed by atoms with E-state index in [9.17, 15) is 0 Å². The summed E-state index contributed by atoms with van der Waals surface area (Å²) in [7, 11) is 0. The van der Waals surface area contributed by atoms with Gasteiger partial charge < -0.3 is 11.1 Å². The average molecular weight is 265 g/mol. The molecule has 5 nitrogen and oxygen atoms in total. The van der Waals surface area contributed by atoms with E-state index >= 15 is 0 Å². The zero-order valence-corrected chi connectivity index (χ0v) is 12.4. The molecule has 5 heteroatoms. The van der Waals surface area contributed by atoms with E-state index < -0.39 is 0 Å². The molecule has 0 amide bonds. The van der Waals surface area contributed by atoms with Gasteiger partial charge in [0.1, 0.15) is 5.82 Å². The predicted octanol–water partition coefficient (Wildman–Crippen LogP) is 2.08. The van der Waals surface area contributed by atoms with Crippen LogP contribution in [0.2, 0.25) is 0 Å². The fourth-order valence-corrected chi connectivity index (χ4v) is 2.71. The first-order valence-electron chi connectivity index (χ1n) is 7.44. The zero-order chi connectivity index (χ0) is 13.8. The molecule has 1 aromatic rings. The average Bonchev–Trinajstić information content (AvgIpc) is 2.99. The van der Waals surface area contributed by atoms with Crippen LogP contribution >= 0.6 is 0 Å². The number of hydrogen-bond donors (Lipinski definition) is 2. The van der Waals surface area contributed by atoms with Gasteiger partial charge in [-0.25, -0.2) is 4.68 Å². The lowest BCUT2D eigenvalue weighted by Gasteiger charge is -2.24. The van der Waals surface area contributed by atoms with Crippen molar-refractivity contribution in [3.63, 3.8) is 0 Å². The van der Waals surface area contributed by atoms with Crippen molar-refractivity contribution in [2.45, 2.75) is 52.6 Å². The fourth-order valence-electron chi connectivity index (χ4n) is 2.71. The molecule has 1 fully saturated rings. The Morgan fingerprint density at radius 3 is 2.68 bits per heavy atom. The standard InChI is InChI=1S/C14H27N5/c1-4-7-19-14(13(15)12(3)17-19)16-10-11(2)18-8-5-6-9-18/h11,16H,4-10,15H2,1-3H3. The van der Waals surface area contributed by atoms with Crippen molar-refractivity contribution in [3.8, 4) is 0 Å². The monoisotopic (exact) mass is 265 g/mol. The van der Waals surface area contributed by atoms with Crippen LogP contribution in [0.1, 0.15) is 38.8 Å². The van der Waals surface area contributed by atoms with E-state index in [-0.39, 0.29) is 0 Å². The molecule has 19 heavy (non-hydrogen) atoms. The highest BCUT2D eigenvalue weighted by Crippen LogP contribution is 2.23. The third-order valence-corrected chi connectivity index (χ3v) is 3.94. The number of anilines is 2. The van der Waals surface area contributed by atoms with Gasteiger partial charge in [-0.2, -0.15) is 5.10 Å². The van der Waals surface area contributed by atoms with Gasteiger partial charge in [-0.3, -0.25) is 4.90 Å². The van der Waals surface area contributed by atoms with Crippen LogP contribution in [0.15, 0.2) is 0 Å². The lowest BCUT2D eigenvalue weighted by atomic mass is 10.3. The number of nitrogen functional groups attached to an aromatic ring is 1. The number of hydrogen-bond acceptors (Lipinski definition) is 4. The maximum atomic E-state index is 6.11. The Morgan fingerprint density at radius 2 is 2.05 bits per heavy atom. The molecule has 1 saturated heterocycles. The van der Waals surface area contributed by atoms with Crippen molar-refractivity contribution in [1.29, 1.82) is 0 Å². The smallest absolute Gasteiger partial charge is 0.148 e. The van der Waals surface area contributed by atoms with Crippen molar-refractivity contribution in [3.05, 3.63) is 5.69 Å². The largest absolute Gasteiger partial charge is 0.394 e. The molecular weight excluding hydrogens is 238 g/mol. The first-order chi connectivity index (χ1) is 9.13. The van der Waals surface area contributed by atoms with E-state index in [4.69, 9.17) is 5.73 Å². The van der Waals surface area contributed by atoms with E-state index in [0.717, 1.165) is 36.7 Å². The van der Waals surface area contributed by atoms with Crippen molar-refractivity contribution >= 4 is 11.5 Å². The van der Waals surface area contributed by atoms with Crippen LogP contribution in [0.25, 0.3) is 0 Å². The molecule has 2 rings (SSSR count). The van der Waals surface area contributed by atoms with Gasteiger partial charge in [0, 0.05) is 19.1 Å². The molecule has 0 spiro atoms. The first kappa shape index (κ1) is 14.2. The maximum Gasteiger partial charge on any atom is 0.148 e. The predicted molar refractivity (Wildman–Crippen MR) is 80.4 cm³/mol. The normalized spacial score (nSPS) is 17.8. The molecule has 1 aromatic heterocycles. The van der Waals surface area contributed by atoms with Crippen molar-refractivity contribution in [1.82, 2.24) is 14.7 Å². The van der Waals surface area contributed by atoms with Gasteiger partial charge in [0.2, 0.25) is 0 Å². The maximum absolute atomic E-state index is 6.11. The van der Waals surface area contributed by atoms with Crippen LogP contribution in [0.5, 0.6) is 0 Å². The van der Waals surface area contributed by atoms with E-state index in [1.165, 1.54) is 25.9 Å². The number of nitrogens with zero attached hydrogens (tertiary/aromatic N) is 3. The van der Waals surface area contributed by atoms with Crippen LogP contribution in [0, 0.1) is 6.92 Å². The highest BCUT2D eigenvalue weighted by Gasteiger charge is 2.19. The summed E-state index contributed by atoms with van der Waals surface area (Å²) < 4.78 is 2.00. The minimum Gasteiger partial charge on any atom is -0.394 e. The second-order valence-electron chi connectivity index (χ2n) is 5.54. The molecule has 1 atom stereocenters. The number of aryl methyl sites for hydroxylation is 2. The third kappa shape index (κ3) is 3.21. The second-order valence-corrected chi connectivity index (χ2v) is 5.54. The lowest BCUT2D eigenvalue weighted by Crippen LogP contribution is -2.36. The Balaban J connectivity index is 1.97. The molecule has 1 unspecified atom stereocenters. The summed E-state index contributed by atoms with van der Waals surface area (Å²) in [6.45, 7) is 10.7. The molecule has 0 aromatic carbocycles. The van der Waals surface area contributed by atoms with Gasteiger partial charge in [-0.1, -0.05) is 6.92 Å². The summed E-state index contributed by atoms with van der Waals surface area (Å²) in [6, 6.07) is 0.548. The molecule has 0 radical (unpaired) electrons. The number of rotatable bonds is 6. The van der Waals surface area contributed by atoms with Gasteiger partial charge in [0.15, 0.2) is 0 Å². The van der Waals surface area contributed by atoms with Crippen LogP contribution in [-0.4, -0.2) is 40.4 Å². The van der Waals surface area contributed by atoms with E-state index in [0.29, 0.717) is 6.04 Å². The van der Waals surface area contributed by atoms with Crippen LogP contribution in [0.3, 0.4) is 0 Å². The van der Waals surface area contributed by atoms with E-state index in [1.54, 1.807) is 0 Å². The number of aromatic nitrogens is 2. The quantitative estimate of drug-likeness (QED) is 0.827. The van der Waals surface area contributed by atoms with Gasteiger partial charge >= 0.3 is 0 Å². The summed E-state index contributed by atoms with van der Waals surface area (Å²) in [5.74, 6) is 0.991. The summed E-state index contributed by atoms with van der Waals surface area (Å²) in [6.07, 6.45) is 3.73. The Labute approximate surface area is 116 Å². The first-order valence-corrected chi connectivity index (χ1v) is 7.44. The van der Waals surface area contributed by atoms with Gasteiger partial charge in [-0.05, 0) is 46.2 Å². The third-order valence-electron chi connectivity index (χ3n) is 3.94. The highest BCUT2D eigenvalue weighted by atomic mass is 15.3. The van der Waals surface area contributed by atoms with Gasteiger partial charge in [0.05, 0.1) is 11.4 Å². The van der Waals surface area contributed by atoms with E-state index in [2.05, 4.69) is 29.2 Å². The van der Waals surface area contributed by atoms with Crippen LogP contribution in [-0.2, 0) is 6.54 Å². The Kier molecular flexibility index (Phi) is 4.69. The number of nitrogens with one attached hydrogen (secondary N) is 1. The molecule has 108 valence electrons. The van der Waals surface area contributed by atoms with Gasteiger partial charge in [-0.15, -0.1) is 0 Å². The lowest BCUT2D eigenvalue weighted by molar-refractivity contribution is 0.269. The molecule has 1 aliphatic rings. The molecule has 0 aliphatic carbocycles. The minimum atomic E-state index is 0.548. The number of nitrogens with two attached hydrogens (primary N) is 1.